The molecule has 0 aromatic heterocycles. The summed E-state index contributed by atoms with van der Waals surface area (Å²) in [7, 11) is 0. The molecule has 0 heterocycles. The summed E-state index contributed by atoms with van der Waals surface area (Å²) < 4.78 is 6.32. The second-order valence-electron chi connectivity index (χ2n) is 10.9. The SMILES string of the molecule is CC(C)NCC(O)COc1c(C(C)(C)C)cc(/C=C/c2cccc(Cl)c2)cc1C(C)(C)C. The molecule has 0 radical (unpaired) electrons. The number of nitrogens with one attached hydrogen (secondary N) is 1. The molecule has 1 unspecified atom stereocenters. The van der Waals surface area contributed by atoms with Gasteiger partial charge in [-0.3, -0.25) is 0 Å². The summed E-state index contributed by atoms with van der Waals surface area (Å²) in [6, 6.07) is 12.6. The van der Waals surface area contributed by atoms with Crippen LogP contribution in [-0.2, 0) is 10.8 Å². The minimum Gasteiger partial charge on any atom is -0.490 e. The van der Waals surface area contributed by atoms with Crippen LogP contribution in [0.3, 0.4) is 0 Å². The number of hydrogen-bond acceptors (Lipinski definition) is 3. The van der Waals surface area contributed by atoms with Crippen molar-refractivity contribution in [3.63, 3.8) is 0 Å². The molecule has 0 spiro atoms. The molecule has 3 nitrogen and oxygen atoms in total. The zero-order valence-electron chi connectivity index (χ0n) is 20.9. The first-order chi connectivity index (χ1) is 14.8. The van der Waals surface area contributed by atoms with Gasteiger partial charge in [-0.1, -0.05) is 91.3 Å². The van der Waals surface area contributed by atoms with E-state index in [2.05, 4.69) is 85.0 Å². The summed E-state index contributed by atoms with van der Waals surface area (Å²) in [5, 5.41) is 14.4. The normalized spacial score (nSPS) is 13.7. The fraction of sp³-hybridized carbons (Fsp3) is 0.500. The number of hydrogen-bond donors (Lipinski definition) is 2. The maximum atomic E-state index is 10.4. The lowest BCUT2D eigenvalue weighted by molar-refractivity contribution is 0.102. The summed E-state index contributed by atoms with van der Waals surface area (Å²) in [4.78, 5) is 0. The van der Waals surface area contributed by atoms with Crippen molar-refractivity contribution in [1.29, 1.82) is 0 Å². The molecule has 0 aliphatic rings. The van der Waals surface area contributed by atoms with Crippen LogP contribution in [0.25, 0.3) is 12.2 Å². The zero-order valence-corrected chi connectivity index (χ0v) is 21.7. The van der Waals surface area contributed by atoms with E-state index in [1.807, 2.05) is 24.3 Å². The van der Waals surface area contributed by atoms with Crippen molar-refractivity contribution in [3.05, 3.63) is 63.7 Å². The van der Waals surface area contributed by atoms with Crippen LogP contribution in [0.15, 0.2) is 36.4 Å². The van der Waals surface area contributed by atoms with E-state index in [0.717, 1.165) is 33.0 Å². The van der Waals surface area contributed by atoms with Gasteiger partial charge in [0, 0.05) is 28.7 Å². The summed E-state index contributed by atoms with van der Waals surface area (Å²) in [6.07, 6.45) is 3.64. The Morgan fingerprint density at radius 3 is 2.00 bits per heavy atom. The Kier molecular flexibility index (Phi) is 8.98. The number of benzene rings is 2. The highest BCUT2D eigenvalue weighted by molar-refractivity contribution is 6.30. The Morgan fingerprint density at radius 2 is 1.50 bits per heavy atom. The van der Waals surface area contributed by atoms with Gasteiger partial charge in [-0.2, -0.15) is 0 Å². The second kappa shape index (κ2) is 10.9. The summed E-state index contributed by atoms with van der Waals surface area (Å²) >= 11 is 6.14. The van der Waals surface area contributed by atoms with Crippen LogP contribution in [0.1, 0.15) is 77.6 Å². The van der Waals surface area contributed by atoms with Crippen LogP contribution in [0.2, 0.25) is 5.02 Å². The Morgan fingerprint density at radius 1 is 0.938 bits per heavy atom. The molecule has 0 bridgehead atoms. The Hall–Kier alpha value is -1.81. The van der Waals surface area contributed by atoms with E-state index in [9.17, 15) is 5.11 Å². The molecule has 2 rings (SSSR count). The van der Waals surface area contributed by atoms with Crippen LogP contribution in [0.4, 0.5) is 0 Å². The molecule has 176 valence electrons. The van der Waals surface area contributed by atoms with Crippen molar-refractivity contribution >= 4 is 23.8 Å². The molecule has 2 N–H and O–H groups in total. The lowest BCUT2D eigenvalue weighted by atomic mass is 9.78. The molecular formula is C28H40ClNO2. The monoisotopic (exact) mass is 457 g/mol. The Bertz CT molecular complexity index is 885. The molecule has 2 aromatic carbocycles. The third-order valence-electron chi connectivity index (χ3n) is 5.23. The van der Waals surface area contributed by atoms with Crippen LogP contribution >= 0.6 is 11.6 Å². The lowest BCUT2D eigenvalue weighted by Gasteiger charge is -2.31. The minimum atomic E-state index is -0.569. The number of aliphatic hydroxyl groups excluding tert-OH is 1. The third kappa shape index (κ3) is 7.95. The fourth-order valence-corrected chi connectivity index (χ4v) is 3.63. The van der Waals surface area contributed by atoms with Crippen molar-refractivity contribution < 1.29 is 9.84 Å². The molecule has 0 amide bonds. The molecule has 0 saturated carbocycles. The van der Waals surface area contributed by atoms with E-state index in [1.54, 1.807) is 0 Å². The number of aliphatic hydroxyl groups is 1. The topological polar surface area (TPSA) is 41.5 Å². The quantitative estimate of drug-likeness (QED) is 0.426. The first kappa shape index (κ1) is 26.4. The van der Waals surface area contributed by atoms with Gasteiger partial charge >= 0.3 is 0 Å². The molecule has 0 aliphatic carbocycles. The van der Waals surface area contributed by atoms with Crippen molar-refractivity contribution in [2.75, 3.05) is 13.2 Å². The van der Waals surface area contributed by atoms with Gasteiger partial charge in [-0.25, -0.2) is 0 Å². The predicted octanol–water partition coefficient (Wildman–Crippen LogP) is 6.84. The molecule has 1 atom stereocenters. The highest BCUT2D eigenvalue weighted by Gasteiger charge is 2.28. The second-order valence-corrected chi connectivity index (χ2v) is 11.3. The molecule has 32 heavy (non-hydrogen) atoms. The van der Waals surface area contributed by atoms with E-state index in [1.165, 1.54) is 0 Å². The summed E-state index contributed by atoms with van der Waals surface area (Å²) in [5.74, 6) is 0.883. The van der Waals surface area contributed by atoms with Gasteiger partial charge < -0.3 is 15.2 Å². The molecule has 0 fully saturated rings. The number of halogens is 1. The van der Waals surface area contributed by atoms with Crippen molar-refractivity contribution in [3.8, 4) is 5.75 Å². The van der Waals surface area contributed by atoms with E-state index >= 15 is 0 Å². The molecule has 0 aliphatic heterocycles. The average molecular weight is 458 g/mol. The van der Waals surface area contributed by atoms with Gasteiger partial charge in [0.1, 0.15) is 18.5 Å². The average Bonchev–Trinajstić information content (AvgIpc) is 2.67. The van der Waals surface area contributed by atoms with Gasteiger partial charge in [0.2, 0.25) is 0 Å². The maximum absolute atomic E-state index is 10.4. The predicted molar refractivity (Wildman–Crippen MR) is 139 cm³/mol. The van der Waals surface area contributed by atoms with E-state index in [-0.39, 0.29) is 17.4 Å². The number of rotatable bonds is 8. The van der Waals surface area contributed by atoms with Crippen molar-refractivity contribution in [1.82, 2.24) is 5.32 Å². The standard InChI is InChI=1S/C28H40ClNO2/c1-19(2)30-17-23(31)18-32-26-24(27(3,4)5)15-21(16-25(26)28(6,7)8)13-12-20-10-9-11-22(29)14-20/h9-16,19,23,30-31H,17-18H2,1-8H3/b13-12+. The number of ether oxygens (including phenoxy) is 1. The van der Waals surface area contributed by atoms with E-state index in [4.69, 9.17) is 16.3 Å². The molecule has 0 saturated heterocycles. The van der Waals surface area contributed by atoms with Gasteiger partial charge in [-0.05, 0) is 46.2 Å². The van der Waals surface area contributed by atoms with Gasteiger partial charge in [0.25, 0.3) is 0 Å². The first-order valence-electron chi connectivity index (χ1n) is 11.4. The van der Waals surface area contributed by atoms with Crippen LogP contribution in [0, 0.1) is 0 Å². The molecule has 4 heteroatoms. The van der Waals surface area contributed by atoms with Crippen molar-refractivity contribution in [2.24, 2.45) is 0 Å². The molecular weight excluding hydrogens is 418 g/mol. The van der Waals surface area contributed by atoms with Crippen LogP contribution in [-0.4, -0.2) is 30.4 Å². The Labute approximate surface area is 199 Å². The first-order valence-corrected chi connectivity index (χ1v) is 11.8. The minimum absolute atomic E-state index is 0.115. The van der Waals surface area contributed by atoms with Gasteiger partial charge in [0.05, 0.1) is 0 Å². The van der Waals surface area contributed by atoms with E-state index < -0.39 is 6.10 Å². The lowest BCUT2D eigenvalue weighted by Crippen LogP contribution is -2.35. The maximum Gasteiger partial charge on any atom is 0.126 e. The largest absolute Gasteiger partial charge is 0.490 e. The Balaban J connectivity index is 2.45. The van der Waals surface area contributed by atoms with E-state index in [0.29, 0.717) is 12.6 Å². The van der Waals surface area contributed by atoms with Crippen LogP contribution < -0.4 is 10.1 Å². The fourth-order valence-electron chi connectivity index (χ4n) is 3.43. The van der Waals surface area contributed by atoms with Gasteiger partial charge in [0.15, 0.2) is 0 Å². The highest BCUT2D eigenvalue weighted by Crippen LogP contribution is 2.41. The van der Waals surface area contributed by atoms with Crippen molar-refractivity contribution in [2.45, 2.75) is 78.4 Å². The smallest absolute Gasteiger partial charge is 0.126 e. The van der Waals surface area contributed by atoms with Crippen LogP contribution in [0.5, 0.6) is 5.75 Å². The van der Waals surface area contributed by atoms with Gasteiger partial charge in [-0.15, -0.1) is 0 Å². The highest BCUT2D eigenvalue weighted by atomic mass is 35.5. The summed E-state index contributed by atoms with van der Waals surface area (Å²) in [6.45, 7) is 18.1. The summed E-state index contributed by atoms with van der Waals surface area (Å²) in [5.41, 5.74) is 4.23. The third-order valence-corrected chi connectivity index (χ3v) is 5.46. The molecule has 2 aromatic rings. The zero-order chi connectivity index (χ0) is 24.1.